The number of carbonyl (C=O) groups is 1. The van der Waals surface area contributed by atoms with Crippen molar-refractivity contribution in [1.82, 2.24) is 9.97 Å². The Morgan fingerprint density at radius 2 is 1.92 bits per heavy atom. The molecule has 1 amide bonds. The van der Waals surface area contributed by atoms with Gasteiger partial charge in [-0.3, -0.25) is 9.69 Å². The van der Waals surface area contributed by atoms with E-state index in [2.05, 4.69) is 11.1 Å². The normalized spacial score (nSPS) is 13.9. The molecule has 3 aromatic rings. The molecule has 4 rings (SSSR count). The van der Waals surface area contributed by atoms with Crippen molar-refractivity contribution >= 4 is 23.1 Å². The van der Waals surface area contributed by atoms with Crippen LogP contribution in [0.5, 0.6) is 0 Å². The van der Waals surface area contributed by atoms with Crippen LogP contribution in [0.3, 0.4) is 0 Å². The fourth-order valence-corrected chi connectivity index (χ4v) is 3.71. The van der Waals surface area contributed by atoms with E-state index in [1.807, 2.05) is 53.6 Å². The lowest BCUT2D eigenvalue weighted by Gasteiger charge is -2.29. The third-order valence-corrected chi connectivity index (χ3v) is 5.12. The van der Waals surface area contributed by atoms with E-state index in [-0.39, 0.29) is 5.91 Å². The monoisotopic (exact) mass is 335 g/mol. The van der Waals surface area contributed by atoms with Crippen LogP contribution in [0.4, 0.5) is 5.82 Å². The van der Waals surface area contributed by atoms with Gasteiger partial charge in [0.1, 0.15) is 5.82 Å². The molecule has 0 radical (unpaired) electrons. The Morgan fingerprint density at radius 3 is 2.67 bits per heavy atom. The number of aryl methyl sites for hydroxylation is 1. The van der Waals surface area contributed by atoms with Crippen LogP contribution >= 0.6 is 11.3 Å². The lowest BCUT2D eigenvalue weighted by Crippen LogP contribution is -2.35. The number of rotatable bonds is 3. The number of amides is 1. The number of anilines is 1. The summed E-state index contributed by atoms with van der Waals surface area (Å²) in [4.78, 5) is 24.9. The first kappa shape index (κ1) is 15.0. The summed E-state index contributed by atoms with van der Waals surface area (Å²) in [6.45, 7) is 2.58. The highest BCUT2D eigenvalue weighted by atomic mass is 32.1. The molecular weight excluding hydrogens is 318 g/mol. The van der Waals surface area contributed by atoms with E-state index in [1.165, 1.54) is 0 Å². The van der Waals surface area contributed by atoms with E-state index >= 15 is 0 Å². The van der Waals surface area contributed by atoms with Crippen molar-refractivity contribution in [1.29, 1.82) is 0 Å². The number of hydrogen-bond acceptors (Lipinski definition) is 4. The first-order chi connectivity index (χ1) is 11.7. The molecule has 4 nitrogen and oxygen atoms in total. The lowest BCUT2D eigenvalue weighted by atomic mass is 10.0. The van der Waals surface area contributed by atoms with Gasteiger partial charge in [-0.2, -0.15) is 0 Å². The van der Waals surface area contributed by atoms with Gasteiger partial charge >= 0.3 is 0 Å². The highest BCUT2D eigenvalue weighted by molar-refractivity contribution is 7.09. The van der Waals surface area contributed by atoms with Gasteiger partial charge in [0, 0.05) is 28.1 Å². The van der Waals surface area contributed by atoms with E-state index < -0.39 is 0 Å². The first-order valence-corrected chi connectivity index (χ1v) is 8.86. The third-order valence-electron chi connectivity index (χ3n) is 4.26. The Labute approximate surface area is 144 Å². The second-order valence-corrected chi connectivity index (χ2v) is 6.89. The van der Waals surface area contributed by atoms with Crippen LogP contribution in [0.2, 0.25) is 0 Å². The summed E-state index contributed by atoms with van der Waals surface area (Å²) in [6.07, 6.45) is 1.24. The molecule has 1 aliphatic rings. The molecule has 0 bridgehead atoms. The van der Waals surface area contributed by atoms with Crippen molar-refractivity contribution in [3.63, 3.8) is 0 Å². The van der Waals surface area contributed by atoms with Crippen LogP contribution in [0.15, 0.2) is 47.8 Å². The van der Waals surface area contributed by atoms with Crippen LogP contribution in [0.25, 0.3) is 11.4 Å². The van der Waals surface area contributed by atoms with Crippen LogP contribution in [0, 0.1) is 6.92 Å². The summed E-state index contributed by atoms with van der Waals surface area (Å²) in [5.74, 6) is 1.58. The van der Waals surface area contributed by atoms with Crippen LogP contribution in [-0.4, -0.2) is 15.9 Å². The van der Waals surface area contributed by atoms with Gasteiger partial charge in [0.15, 0.2) is 5.82 Å². The van der Waals surface area contributed by atoms with Gasteiger partial charge in [0.25, 0.3) is 0 Å². The van der Waals surface area contributed by atoms with Crippen molar-refractivity contribution in [2.24, 2.45) is 0 Å². The summed E-state index contributed by atoms with van der Waals surface area (Å²) in [5, 5.41) is 2.03. The van der Waals surface area contributed by atoms with E-state index in [1.54, 1.807) is 11.3 Å². The Morgan fingerprint density at radius 1 is 1.08 bits per heavy atom. The molecule has 0 unspecified atom stereocenters. The van der Waals surface area contributed by atoms with Gasteiger partial charge in [-0.05, 0) is 24.8 Å². The number of carbonyl (C=O) groups excluding carboxylic acids is 1. The topological polar surface area (TPSA) is 46.1 Å². The van der Waals surface area contributed by atoms with Crippen molar-refractivity contribution in [2.75, 3.05) is 4.90 Å². The Balaban J connectivity index is 1.80. The molecule has 0 saturated carbocycles. The number of aromatic nitrogens is 2. The van der Waals surface area contributed by atoms with Crippen molar-refractivity contribution < 1.29 is 4.79 Å². The second kappa shape index (κ2) is 6.17. The summed E-state index contributed by atoms with van der Waals surface area (Å²) in [6, 6.07) is 14.0. The highest BCUT2D eigenvalue weighted by Gasteiger charge is 2.28. The third kappa shape index (κ3) is 2.71. The van der Waals surface area contributed by atoms with Gasteiger partial charge < -0.3 is 0 Å². The molecule has 24 heavy (non-hydrogen) atoms. The molecule has 1 aromatic carbocycles. The van der Waals surface area contributed by atoms with E-state index in [9.17, 15) is 4.79 Å². The number of nitrogens with zero attached hydrogens (tertiary/aromatic N) is 3. The van der Waals surface area contributed by atoms with Gasteiger partial charge in [-0.1, -0.05) is 36.4 Å². The molecule has 3 heterocycles. The molecule has 0 saturated heterocycles. The standard InChI is InChI=1S/C19H17N3OS/c1-13-16-9-10-17(23)22(12-15-8-5-11-24-15)19(16)21-18(20-13)14-6-3-2-4-7-14/h2-8,11H,9-10,12H2,1H3. The van der Waals surface area contributed by atoms with E-state index in [0.29, 0.717) is 18.8 Å². The number of thiophene rings is 1. The Hall–Kier alpha value is -2.53. The zero-order valence-electron chi connectivity index (χ0n) is 13.4. The maximum absolute atomic E-state index is 12.5. The molecule has 0 aliphatic carbocycles. The fourth-order valence-electron chi connectivity index (χ4n) is 3.02. The molecule has 1 aliphatic heterocycles. The zero-order valence-corrected chi connectivity index (χ0v) is 14.2. The molecule has 0 spiro atoms. The van der Waals surface area contributed by atoms with Crippen molar-refractivity contribution in [2.45, 2.75) is 26.3 Å². The molecular formula is C19H17N3OS. The molecule has 0 atom stereocenters. The summed E-state index contributed by atoms with van der Waals surface area (Å²) >= 11 is 1.66. The SMILES string of the molecule is Cc1nc(-c2ccccc2)nc2c1CCC(=O)N2Cc1cccs1. The number of fused-ring (bicyclic) bond motifs is 1. The largest absolute Gasteiger partial charge is 0.291 e. The van der Waals surface area contributed by atoms with Gasteiger partial charge in [-0.25, -0.2) is 9.97 Å². The average molecular weight is 335 g/mol. The fraction of sp³-hybridized carbons (Fsp3) is 0.211. The molecule has 0 N–H and O–H groups in total. The summed E-state index contributed by atoms with van der Waals surface area (Å²) < 4.78 is 0. The molecule has 2 aromatic heterocycles. The quantitative estimate of drug-likeness (QED) is 0.727. The predicted octanol–water partition coefficient (Wildman–Crippen LogP) is 3.99. The minimum absolute atomic E-state index is 0.132. The van der Waals surface area contributed by atoms with Crippen LogP contribution in [-0.2, 0) is 17.8 Å². The highest BCUT2D eigenvalue weighted by Crippen LogP contribution is 2.31. The molecule has 5 heteroatoms. The summed E-state index contributed by atoms with van der Waals surface area (Å²) in [5.41, 5.74) is 3.02. The first-order valence-electron chi connectivity index (χ1n) is 7.98. The van der Waals surface area contributed by atoms with Crippen molar-refractivity contribution in [3.05, 3.63) is 64.0 Å². The van der Waals surface area contributed by atoms with Gasteiger partial charge in [0.2, 0.25) is 5.91 Å². The zero-order chi connectivity index (χ0) is 16.5. The Kier molecular flexibility index (Phi) is 3.86. The van der Waals surface area contributed by atoms with Crippen LogP contribution < -0.4 is 4.90 Å². The number of benzene rings is 1. The molecule has 0 fully saturated rings. The second-order valence-electron chi connectivity index (χ2n) is 5.86. The smallest absolute Gasteiger partial charge is 0.228 e. The lowest BCUT2D eigenvalue weighted by molar-refractivity contribution is -0.119. The molecule has 120 valence electrons. The van der Waals surface area contributed by atoms with E-state index in [4.69, 9.17) is 4.98 Å². The van der Waals surface area contributed by atoms with E-state index in [0.717, 1.165) is 33.9 Å². The Bertz CT molecular complexity index is 875. The predicted molar refractivity (Wildman–Crippen MR) is 96.0 cm³/mol. The average Bonchev–Trinajstić information content (AvgIpc) is 3.11. The minimum atomic E-state index is 0.132. The van der Waals surface area contributed by atoms with Gasteiger partial charge in [-0.15, -0.1) is 11.3 Å². The maximum atomic E-state index is 12.5. The van der Waals surface area contributed by atoms with Crippen molar-refractivity contribution in [3.8, 4) is 11.4 Å². The number of hydrogen-bond donors (Lipinski definition) is 0. The van der Waals surface area contributed by atoms with Gasteiger partial charge in [0.05, 0.1) is 6.54 Å². The summed E-state index contributed by atoms with van der Waals surface area (Å²) in [7, 11) is 0. The minimum Gasteiger partial charge on any atom is -0.291 e. The van der Waals surface area contributed by atoms with Crippen LogP contribution in [0.1, 0.15) is 22.6 Å². The maximum Gasteiger partial charge on any atom is 0.228 e.